The number of aliphatic hydroxyl groups excluding tert-OH is 1. The van der Waals surface area contributed by atoms with E-state index in [1.165, 1.54) is 0 Å². The minimum absolute atomic E-state index is 0.126. The molecule has 3 aliphatic heterocycles. The monoisotopic (exact) mass is 315 g/mol. The Hall–Kier alpha value is -0.620. The first-order valence-corrected chi connectivity index (χ1v) is 9.16. The van der Waals surface area contributed by atoms with Crippen LogP contribution in [0.25, 0.3) is 0 Å². The molecule has 4 nitrogen and oxygen atoms in total. The van der Waals surface area contributed by atoms with Crippen molar-refractivity contribution >= 4 is 19.7 Å². The third-order valence-corrected chi connectivity index (χ3v) is 5.92. The average Bonchev–Trinajstić information content (AvgIpc) is 2.38. The van der Waals surface area contributed by atoms with Crippen molar-refractivity contribution in [1.82, 2.24) is 4.90 Å². The lowest BCUT2D eigenvalue weighted by Crippen LogP contribution is -2.52. The van der Waals surface area contributed by atoms with Gasteiger partial charge in [0.15, 0.2) is 0 Å². The molecule has 3 saturated heterocycles. The van der Waals surface area contributed by atoms with Crippen LogP contribution in [0.5, 0.6) is 0 Å². The molecule has 2 bridgehead atoms. The van der Waals surface area contributed by atoms with Gasteiger partial charge in [-0.3, -0.25) is 4.90 Å². The number of rotatable bonds is 2. The molecule has 6 heteroatoms. The molecule has 2 unspecified atom stereocenters. The van der Waals surface area contributed by atoms with Crippen LogP contribution in [-0.4, -0.2) is 37.6 Å². The Balaban J connectivity index is 2.12. The summed E-state index contributed by atoms with van der Waals surface area (Å²) in [5.74, 6) is 0.261. The summed E-state index contributed by atoms with van der Waals surface area (Å²) >= 11 is 0. The van der Waals surface area contributed by atoms with Crippen LogP contribution in [0.2, 0.25) is 0 Å². The zero-order valence-corrected chi connectivity index (χ0v) is 12.9. The van der Waals surface area contributed by atoms with Crippen LogP contribution in [0.3, 0.4) is 0 Å². The summed E-state index contributed by atoms with van der Waals surface area (Å²) in [6.45, 7) is 3.72. The second-order valence-electron chi connectivity index (χ2n) is 5.79. The van der Waals surface area contributed by atoms with E-state index in [2.05, 4.69) is 4.90 Å². The first kappa shape index (κ1) is 14.3. The number of piperidine rings is 3. The van der Waals surface area contributed by atoms with Crippen LogP contribution < -0.4 is 0 Å². The lowest BCUT2D eigenvalue weighted by atomic mass is 9.78. The Bertz CT molecular complexity index is 621. The molecule has 3 heterocycles. The van der Waals surface area contributed by atoms with Crippen molar-refractivity contribution < 1.29 is 13.5 Å². The third-order valence-electron chi connectivity index (χ3n) is 4.52. The molecule has 2 atom stereocenters. The van der Waals surface area contributed by atoms with Gasteiger partial charge in [-0.2, -0.15) is 0 Å². The van der Waals surface area contributed by atoms with Crippen molar-refractivity contribution in [1.29, 1.82) is 0 Å². The lowest BCUT2D eigenvalue weighted by Gasteiger charge is -2.49. The van der Waals surface area contributed by atoms with Crippen molar-refractivity contribution in [2.24, 2.45) is 5.92 Å². The molecule has 4 rings (SSSR count). The first-order chi connectivity index (χ1) is 9.38. The van der Waals surface area contributed by atoms with Crippen molar-refractivity contribution in [2.45, 2.75) is 36.8 Å². The minimum Gasteiger partial charge on any atom is -0.391 e. The topological polar surface area (TPSA) is 57.6 Å². The van der Waals surface area contributed by atoms with Gasteiger partial charge in [-0.1, -0.05) is 17.7 Å². The maximum absolute atomic E-state index is 11.8. The highest BCUT2D eigenvalue weighted by Gasteiger charge is 2.43. The zero-order valence-electron chi connectivity index (χ0n) is 11.3. The number of hydrogen-bond acceptors (Lipinski definition) is 4. The molecule has 0 saturated carbocycles. The Morgan fingerprint density at radius 3 is 2.50 bits per heavy atom. The van der Waals surface area contributed by atoms with Gasteiger partial charge < -0.3 is 5.11 Å². The SMILES string of the molecule is Cc1ccc(S(=O)(=O)Cl)c(C2C(O)C3CCN2CC3)c1. The molecule has 0 aliphatic carbocycles. The van der Waals surface area contributed by atoms with Gasteiger partial charge in [0.2, 0.25) is 0 Å². The van der Waals surface area contributed by atoms with E-state index in [4.69, 9.17) is 10.7 Å². The third kappa shape index (κ3) is 2.37. The Labute approximate surface area is 123 Å². The summed E-state index contributed by atoms with van der Waals surface area (Å²) in [4.78, 5) is 2.30. The summed E-state index contributed by atoms with van der Waals surface area (Å²) in [7, 11) is 1.75. The number of fused-ring (bicyclic) bond motifs is 3. The van der Waals surface area contributed by atoms with Crippen LogP contribution in [0.4, 0.5) is 0 Å². The summed E-state index contributed by atoms with van der Waals surface area (Å²) in [6.07, 6.45) is 1.44. The molecule has 1 aromatic carbocycles. The number of benzene rings is 1. The van der Waals surface area contributed by atoms with E-state index < -0.39 is 15.2 Å². The van der Waals surface area contributed by atoms with Crippen LogP contribution >= 0.6 is 10.7 Å². The van der Waals surface area contributed by atoms with Crippen molar-refractivity contribution in [3.05, 3.63) is 29.3 Å². The number of nitrogens with zero attached hydrogens (tertiary/aromatic N) is 1. The average molecular weight is 316 g/mol. The normalized spacial score (nSPS) is 33.4. The van der Waals surface area contributed by atoms with Crippen LogP contribution in [-0.2, 0) is 9.05 Å². The van der Waals surface area contributed by atoms with E-state index in [1.54, 1.807) is 12.1 Å². The molecule has 3 aliphatic rings. The molecule has 0 spiro atoms. The number of aryl methyl sites for hydroxylation is 1. The molecular formula is C14H18ClNO3S. The second-order valence-corrected chi connectivity index (χ2v) is 8.32. The Morgan fingerprint density at radius 1 is 1.30 bits per heavy atom. The number of halogens is 1. The molecule has 1 N–H and O–H groups in total. The minimum atomic E-state index is -3.81. The van der Waals surface area contributed by atoms with E-state index >= 15 is 0 Å². The molecule has 0 amide bonds. The van der Waals surface area contributed by atoms with Crippen LogP contribution in [0, 0.1) is 12.8 Å². The van der Waals surface area contributed by atoms with Gasteiger partial charge in [-0.05, 0) is 50.4 Å². The van der Waals surface area contributed by atoms with E-state index in [-0.39, 0.29) is 16.9 Å². The van der Waals surface area contributed by atoms with Gasteiger partial charge in [-0.15, -0.1) is 0 Å². The fourth-order valence-electron chi connectivity index (χ4n) is 3.51. The quantitative estimate of drug-likeness (QED) is 0.849. The van der Waals surface area contributed by atoms with E-state index in [0.717, 1.165) is 31.5 Å². The van der Waals surface area contributed by atoms with Gasteiger partial charge in [0.25, 0.3) is 9.05 Å². The van der Waals surface area contributed by atoms with Gasteiger partial charge in [-0.25, -0.2) is 8.42 Å². The maximum Gasteiger partial charge on any atom is 0.261 e. The molecule has 1 aromatic rings. The maximum atomic E-state index is 11.8. The summed E-state index contributed by atoms with van der Waals surface area (Å²) in [5.41, 5.74) is 1.61. The number of aliphatic hydroxyl groups is 1. The highest BCUT2D eigenvalue weighted by Crippen LogP contribution is 2.43. The van der Waals surface area contributed by atoms with Gasteiger partial charge >= 0.3 is 0 Å². The fraction of sp³-hybridized carbons (Fsp3) is 0.571. The molecule has 0 radical (unpaired) electrons. The van der Waals surface area contributed by atoms with Crippen LogP contribution in [0.15, 0.2) is 23.1 Å². The first-order valence-electron chi connectivity index (χ1n) is 6.85. The van der Waals surface area contributed by atoms with Crippen molar-refractivity contribution in [2.75, 3.05) is 13.1 Å². The Morgan fingerprint density at radius 2 is 1.95 bits per heavy atom. The predicted octanol–water partition coefficient (Wildman–Crippen LogP) is 2.05. The van der Waals surface area contributed by atoms with Gasteiger partial charge in [0, 0.05) is 10.7 Å². The lowest BCUT2D eigenvalue weighted by molar-refractivity contribution is -0.0748. The standard InChI is InChI=1S/C14H18ClNO3S/c1-9-2-3-12(20(15,18)19)11(8-9)13-14(17)10-4-6-16(13)7-5-10/h2-3,8,10,13-14,17H,4-7H2,1H3. The van der Waals surface area contributed by atoms with Gasteiger partial charge in [0.1, 0.15) is 0 Å². The highest BCUT2D eigenvalue weighted by atomic mass is 35.7. The molecule has 110 valence electrons. The van der Waals surface area contributed by atoms with Crippen LogP contribution in [0.1, 0.15) is 30.0 Å². The molecule has 0 aromatic heterocycles. The zero-order chi connectivity index (χ0) is 14.5. The largest absolute Gasteiger partial charge is 0.391 e. The summed E-state index contributed by atoms with van der Waals surface area (Å²) in [6, 6.07) is 4.86. The summed E-state index contributed by atoms with van der Waals surface area (Å²) in [5, 5.41) is 10.5. The van der Waals surface area contributed by atoms with E-state index in [0.29, 0.717) is 5.56 Å². The number of hydrogen-bond donors (Lipinski definition) is 1. The van der Waals surface area contributed by atoms with Crippen molar-refractivity contribution in [3.63, 3.8) is 0 Å². The Kier molecular flexibility index (Phi) is 3.57. The molecular weight excluding hydrogens is 298 g/mol. The summed E-state index contributed by atoms with van der Waals surface area (Å²) < 4.78 is 23.6. The highest BCUT2D eigenvalue weighted by molar-refractivity contribution is 8.13. The fourth-order valence-corrected chi connectivity index (χ4v) is 4.63. The molecule has 20 heavy (non-hydrogen) atoms. The van der Waals surface area contributed by atoms with E-state index in [1.807, 2.05) is 13.0 Å². The molecule has 3 fully saturated rings. The predicted molar refractivity (Wildman–Crippen MR) is 77.3 cm³/mol. The van der Waals surface area contributed by atoms with Crippen molar-refractivity contribution in [3.8, 4) is 0 Å². The van der Waals surface area contributed by atoms with Gasteiger partial charge in [0.05, 0.1) is 17.0 Å². The van der Waals surface area contributed by atoms with E-state index in [9.17, 15) is 13.5 Å². The second kappa shape index (κ2) is 4.98. The smallest absolute Gasteiger partial charge is 0.261 e.